The maximum atomic E-state index is 11.5. The first-order valence-electron chi connectivity index (χ1n) is 8.67. The molecular formula is C23H18N2O2. The molecule has 0 aliphatic rings. The number of aromatic carboxylic acids is 1. The Bertz CT molecular complexity index is 945. The van der Waals surface area contributed by atoms with E-state index in [2.05, 4.69) is 41.4 Å². The predicted octanol–water partition coefficient (Wildman–Crippen LogP) is 4.42. The van der Waals surface area contributed by atoms with Crippen LogP contribution in [0.4, 0.5) is 0 Å². The normalized spacial score (nSPS) is 11.3. The van der Waals surface area contributed by atoms with Gasteiger partial charge in [0.15, 0.2) is 5.69 Å². The van der Waals surface area contributed by atoms with Crippen molar-refractivity contribution in [1.29, 1.82) is 0 Å². The zero-order valence-electron chi connectivity index (χ0n) is 14.6. The molecule has 4 nitrogen and oxygen atoms in total. The molecule has 0 atom stereocenters. The van der Waals surface area contributed by atoms with Crippen molar-refractivity contribution in [3.63, 3.8) is 0 Å². The van der Waals surface area contributed by atoms with Crippen LogP contribution in [0.2, 0.25) is 0 Å². The zero-order chi connectivity index (χ0) is 18.7. The van der Waals surface area contributed by atoms with Gasteiger partial charge < -0.3 is 9.67 Å². The maximum absolute atomic E-state index is 11.5. The van der Waals surface area contributed by atoms with Gasteiger partial charge in [0.1, 0.15) is 5.54 Å². The van der Waals surface area contributed by atoms with E-state index in [1.165, 1.54) is 0 Å². The second-order valence-corrected chi connectivity index (χ2v) is 6.28. The fraction of sp³-hybridized carbons (Fsp3) is 0.0435. The number of carbonyl (C=O) groups is 1. The third-order valence-electron chi connectivity index (χ3n) is 4.76. The molecule has 0 bridgehead atoms. The second-order valence-electron chi connectivity index (χ2n) is 6.28. The largest absolute Gasteiger partial charge is 0.476 e. The van der Waals surface area contributed by atoms with Gasteiger partial charge in [0, 0.05) is 6.20 Å². The number of carboxylic acids is 1. The van der Waals surface area contributed by atoms with Gasteiger partial charge in [-0.15, -0.1) is 0 Å². The highest BCUT2D eigenvalue weighted by Crippen LogP contribution is 2.40. The molecule has 0 spiro atoms. The van der Waals surface area contributed by atoms with Crippen molar-refractivity contribution in [2.75, 3.05) is 0 Å². The van der Waals surface area contributed by atoms with Gasteiger partial charge in [-0.3, -0.25) is 0 Å². The number of rotatable bonds is 5. The van der Waals surface area contributed by atoms with Crippen molar-refractivity contribution in [2.45, 2.75) is 5.54 Å². The molecule has 4 rings (SSSR count). The molecule has 3 aromatic carbocycles. The number of aromatic nitrogens is 2. The summed E-state index contributed by atoms with van der Waals surface area (Å²) in [5.74, 6) is -1.04. The lowest BCUT2D eigenvalue weighted by atomic mass is 9.77. The number of carboxylic acid groups (broad SMARTS) is 1. The molecule has 0 unspecified atom stereocenters. The Labute approximate surface area is 157 Å². The van der Waals surface area contributed by atoms with Crippen molar-refractivity contribution in [3.8, 4) is 0 Å². The van der Waals surface area contributed by atoms with Crippen molar-refractivity contribution in [2.24, 2.45) is 0 Å². The predicted molar refractivity (Wildman–Crippen MR) is 104 cm³/mol. The van der Waals surface area contributed by atoms with Crippen LogP contribution >= 0.6 is 0 Å². The van der Waals surface area contributed by atoms with Crippen molar-refractivity contribution in [1.82, 2.24) is 9.55 Å². The number of hydrogen-bond acceptors (Lipinski definition) is 2. The summed E-state index contributed by atoms with van der Waals surface area (Å²) in [5, 5.41) is 9.40. The Balaban J connectivity index is 2.10. The van der Waals surface area contributed by atoms with E-state index in [-0.39, 0.29) is 5.69 Å². The monoisotopic (exact) mass is 354 g/mol. The molecule has 0 fully saturated rings. The average molecular weight is 354 g/mol. The van der Waals surface area contributed by atoms with Crippen LogP contribution in [0, 0.1) is 0 Å². The van der Waals surface area contributed by atoms with Crippen LogP contribution in [-0.4, -0.2) is 20.6 Å². The molecule has 1 aromatic heterocycles. The van der Waals surface area contributed by atoms with Crippen molar-refractivity contribution < 1.29 is 9.90 Å². The average Bonchev–Trinajstić information content (AvgIpc) is 3.22. The highest BCUT2D eigenvalue weighted by Gasteiger charge is 2.38. The van der Waals surface area contributed by atoms with Gasteiger partial charge in [0.05, 0.1) is 6.33 Å². The Kier molecular flexibility index (Phi) is 4.30. The summed E-state index contributed by atoms with van der Waals surface area (Å²) in [4.78, 5) is 15.6. The summed E-state index contributed by atoms with van der Waals surface area (Å²) < 4.78 is 1.89. The molecule has 0 aliphatic carbocycles. The minimum Gasteiger partial charge on any atom is -0.476 e. The van der Waals surface area contributed by atoms with Crippen LogP contribution in [0.3, 0.4) is 0 Å². The molecule has 0 saturated carbocycles. The summed E-state index contributed by atoms with van der Waals surface area (Å²) in [6.07, 6.45) is 3.19. The van der Waals surface area contributed by atoms with Crippen LogP contribution < -0.4 is 0 Å². The molecule has 0 saturated heterocycles. The number of benzene rings is 3. The number of imidazole rings is 1. The highest BCUT2D eigenvalue weighted by atomic mass is 16.4. The van der Waals surface area contributed by atoms with Crippen LogP contribution in [0.15, 0.2) is 104 Å². The van der Waals surface area contributed by atoms with Crippen molar-refractivity contribution >= 4 is 5.97 Å². The number of hydrogen-bond donors (Lipinski definition) is 1. The lowest BCUT2D eigenvalue weighted by molar-refractivity contribution is 0.0691. The summed E-state index contributed by atoms with van der Waals surface area (Å²) in [6.45, 7) is 0. The minimum atomic E-state index is -1.04. The summed E-state index contributed by atoms with van der Waals surface area (Å²) in [6, 6.07) is 30.2. The summed E-state index contributed by atoms with van der Waals surface area (Å²) in [5.41, 5.74) is 2.36. The maximum Gasteiger partial charge on any atom is 0.356 e. The van der Waals surface area contributed by atoms with Gasteiger partial charge >= 0.3 is 5.97 Å². The first-order chi connectivity index (χ1) is 13.2. The smallest absolute Gasteiger partial charge is 0.356 e. The SMILES string of the molecule is O=C(O)c1cn(C(c2ccccc2)(c2ccccc2)c2ccccc2)cn1. The molecule has 1 N–H and O–H groups in total. The Hall–Kier alpha value is -3.66. The van der Waals surface area contributed by atoms with Crippen LogP contribution in [0.5, 0.6) is 0 Å². The number of nitrogens with zero attached hydrogens (tertiary/aromatic N) is 2. The fourth-order valence-electron chi connectivity index (χ4n) is 3.60. The van der Waals surface area contributed by atoms with E-state index >= 15 is 0 Å². The Morgan fingerprint density at radius 2 is 1.15 bits per heavy atom. The standard InChI is InChI=1S/C23H18N2O2/c26-22(27)21-16-25(17-24-21)23(18-10-4-1-5-11-18,19-12-6-2-7-13-19)20-14-8-3-9-15-20/h1-17H,(H,26,27). The molecule has 0 aliphatic heterocycles. The third kappa shape index (κ3) is 2.81. The zero-order valence-corrected chi connectivity index (χ0v) is 14.6. The topological polar surface area (TPSA) is 55.1 Å². The Morgan fingerprint density at radius 3 is 1.48 bits per heavy atom. The van der Waals surface area contributed by atoms with E-state index in [0.29, 0.717) is 0 Å². The molecule has 0 radical (unpaired) electrons. The van der Waals surface area contributed by atoms with E-state index < -0.39 is 11.5 Å². The Morgan fingerprint density at radius 1 is 0.741 bits per heavy atom. The second kappa shape index (κ2) is 6.92. The molecule has 4 heteroatoms. The highest BCUT2D eigenvalue weighted by molar-refractivity contribution is 5.85. The first-order valence-corrected chi connectivity index (χ1v) is 8.67. The first kappa shape index (κ1) is 16.8. The molecule has 0 amide bonds. The van der Waals surface area contributed by atoms with E-state index in [1.807, 2.05) is 59.2 Å². The van der Waals surface area contributed by atoms with E-state index in [1.54, 1.807) is 12.5 Å². The van der Waals surface area contributed by atoms with E-state index in [9.17, 15) is 9.90 Å². The van der Waals surface area contributed by atoms with Crippen molar-refractivity contribution in [3.05, 3.63) is 126 Å². The van der Waals surface area contributed by atoms with Crippen LogP contribution in [0.25, 0.3) is 0 Å². The molecule has 1 heterocycles. The minimum absolute atomic E-state index is 0.0159. The van der Waals surface area contributed by atoms with Gasteiger partial charge in [-0.05, 0) is 16.7 Å². The summed E-state index contributed by atoms with van der Waals surface area (Å²) >= 11 is 0. The third-order valence-corrected chi connectivity index (χ3v) is 4.76. The van der Waals surface area contributed by atoms with Crippen LogP contribution in [0.1, 0.15) is 27.2 Å². The fourth-order valence-corrected chi connectivity index (χ4v) is 3.60. The van der Waals surface area contributed by atoms with Gasteiger partial charge in [-0.2, -0.15) is 0 Å². The van der Waals surface area contributed by atoms with Gasteiger partial charge in [-0.25, -0.2) is 9.78 Å². The van der Waals surface area contributed by atoms with Crippen LogP contribution in [-0.2, 0) is 5.54 Å². The van der Waals surface area contributed by atoms with Gasteiger partial charge in [-0.1, -0.05) is 91.0 Å². The molecule has 132 valence electrons. The lowest BCUT2D eigenvalue weighted by Gasteiger charge is -2.37. The molecule has 4 aromatic rings. The van der Waals surface area contributed by atoms with E-state index in [0.717, 1.165) is 16.7 Å². The molecule has 27 heavy (non-hydrogen) atoms. The molecular weight excluding hydrogens is 336 g/mol. The summed E-state index contributed by atoms with van der Waals surface area (Å²) in [7, 11) is 0. The van der Waals surface area contributed by atoms with Gasteiger partial charge in [0.2, 0.25) is 0 Å². The van der Waals surface area contributed by atoms with Gasteiger partial charge in [0.25, 0.3) is 0 Å². The quantitative estimate of drug-likeness (QED) is 0.540. The van der Waals surface area contributed by atoms with E-state index in [4.69, 9.17) is 0 Å². The lowest BCUT2D eigenvalue weighted by Crippen LogP contribution is -2.37.